The molecule has 18 heavy (non-hydrogen) atoms. The molecule has 3 heteroatoms. The largest absolute Gasteiger partial charge is 0.298 e. The van der Waals surface area contributed by atoms with Crippen molar-refractivity contribution in [1.82, 2.24) is 9.21 Å². The minimum absolute atomic E-state index is 0.109. The Hall–Kier alpha value is 0.270. The number of rotatable bonds is 1. The van der Waals surface area contributed by atoms with Crippen molar-refractivity contribution < 1.29 is 0 Å². The van der Waals surface area contributed by atoms with Crippen LogP contribution in [0.15, 0.2) is 0 Å². The Balaban J connectivity index is 2.48. The Labute approximate surface area is 118 Å². The zero-order valence-corrected chi connectivity index (χ0v) is 14.1. The lowest BCUT2D eigenvalue weighted by Crippen LogP contribution is -2.42. The molecule has 0 amide bonds. The van der Waals surface area contributed by atoms with Gasteiger partial charge in [-0.15, -0.1) is 0 Å². The molecule has 0 unspecified atom stereocenters. The molecule has 0 saturated carbocycles. The third-order valence-electron chi connectivity index (χ3n) is 3.95. The average molecular weight is 275 g/mol. The second-order valence-corrected chi connectivity index (χ2v) is 8.99. The van der Waals surface area contributed by atoms with E-state index >= 15 is 0 Å². The fourth-order valence-corrected chi connectivity index (χ4v) is 3.75. The molecule has 1 saturated heterocycles. The van der Waals surface area contributed by atoms with Gasteiger partial charge in [-0.25, -0.2) is 11.1 Å². The maximum Gasteiger partial charge on any atom is 0.0125 e. The van der Waals surface area contributed by atoms with E-state index in [1.165, 1.54) is 58.3 Å². The van der Waals surface area contributed by atoms with Crippen LogP contribution in [0.3, 0.4) is 0 Å². The molecule has 0 spiro atoms. The lowest BCUT2D eigenvalue weighted by molar-refractivity contribution is 0.131. The first-order chi connectivity index (χ1) is 8.41. The molecule has 0 aromatic rings. The Morgan fingerprint density at radius 1 is 0.722 bits per heavy atom. The highest BCUT2D eigenvalue weighted by molar-refractivity contribution is 8.13. The molecule has 0 aromatic heterocycles. The van der Waals surface area contributed by atoms with Gasteiger partial charge in [0.15, 0.2) is 0 Å². The maximum absolute atomic E-state index is 2.72. The monoisotopic (exact) mass is 274 g/mol. The van der Waals surface area contributed by atoms with E-state index in [2.05, 4.69) is 42.5 Å². The van der Waals surface area contributed by atoms with E-state index in [0.717, 1.165) is 0 Å². The second-order valence-electron chi connectivity index (χ2n) is 6.73. The molecule has 0 radical (unpaired) electrons. The van der Waals surface area contributed by atoms with Crippen LogP contribution in [0.4, 0.5) is 0 Å². The van der Waals surface area contributed by atoms with E-state index in [1.807, 2.05) is 0 Å². The van der Waals surface area contributed by atoms with Gasteiger partial charge < -0.3 is 0 Å². The highest BCUT2D eigenvalue weighted by atomic mass is 32.2. The van der Waals surface area contributed by atoms with Gasteiger partial charge in [-0.1, -0.05) is 6.42 Å². The van der Waals surface area contributed by atoms with Crippen molar-refractivity contribution in [3.63, 3.8) is 0 Å². The van der Waals surface area contributed by atoms with Gasteiger partial charge >= 0.3 is 0 Å². The molecule has 1 aliphatic rings. The predicted octanol–water partition coefficient (Wildman–Crippen LogP) is 3.53. The zero-order valence-electron chi connectivity index (χ0n) is 13.2. The summed E-state index contributed by atoms with van der Waals surface area (Å²) >= 11 is 0.109. The van der Waals surface area contributed by atoms with E-state index in [9.17, 15) is 0 Å². The number of thiol groups is 1. The molecule has 1 aliphatic heterocycles. The Morgan fingerprint density at radius 3 is 1.67 bits per heavy atom. The molecule has 0 aromatic carbocycles. The smallest absolute Gasteiger partial charge is 0.0125 e. The van der Waals surface area contributed by atoms with Crippen LogP contribution in [0.25, 0.3) is 0 Å². The van der Waals surface area contributed by atoms with Gasteiger partial charge in [-0.3, -0.25) is 9.21 Å². The molecule has 0 bridgehead atoms. The maximum atomic E-state index is 2.72. The van der Waals surface area contributed by atoms with Gasteiger partial charge in [0.25, 0.3) is 0 Å². The first-order valence-electron chi connectivity index (χ1n) is 7.58. The molecule has 1 fully saturated rings. The lowest BCUT2D eigenvalue weighted by atomic mass is 10.0. The average Bonchev–Trinajstić information content (AvgIpc) is 2.30. The zero-order chi connectivity index (χ0) is 13.6. The number of nitrogens with zero attached hydrogens (tertiary/aromatic N) is 2. The van der Waals surface area contributed by atoms with Crippen LogP contribution >= 0.6 is 11.1 Å². The Kier molecular flexibility index (Phi) is 7.04. The molecular weight excluding hydrogens is 240 g/mol. The van der Waals surface area contributed by atoms with E-state index in [1.54, 1.807) is 0 Å². The van der Waals surface area contributed by atoms with Gasteiger partial charge in [-0.2, -0.15) is 0 Å². The Morgan fingerprint density at radius 2 is 1.17 bits per heavy atom. The third-order valence-corrected chi connectivity index (χ3v) is 5.48. The number of hydrogen-bond donors (Lipinski definition) is 1. The van der Waals surface area contributed by atoms with Crippen LogP contribution in [0.2, 0.25) is 0 Å². The topological polar surface area (TPSA) is 6.48 Å². The first kappa shape index (κ1) is 16.3. The van der Waals surface area contributed by atoms with Crippen molar-refractivity contribution in [3.05, 3.63) is 0 Å². The number of hydrogen-bond acceptors (Lipinski definition) is 2. The fourth-order valence-electron chi connectivity index (χ4n) is 2.67. The van der Waals surface area contributed by atoms with Crippen LogP contribution < -0.4 is 0 Å². The summed E-state index contributed by atoms with van der Waals surface area (Å²) in [5.74, 6) is 0. The van der Waals surface area contributed by atoms with Gasteiger partial charge in [0, 0.05) is 18.6 Å². The quantitative estimate of drug-likeness (QED) is 0.731. The summed E-state index contributed by atoms with van der Waals surface area (Å²) < 4.78 is 2.72. The molecular formula is C15H34N2S. The van der Waals surface area contributed by atoms with Crippen LogP contribution in [-0.2, 0) is 0 Å². The summed E-state index contributed by atoms with van der Waals surface area (Å²) in [5, 5.41) is 0. The summed E-state index contributed by atoms with van der Waals surface area (Å²) in [6.07, 6.45) is 11.7. The molecule has 0 aliphatic carbocycles. The van der Waals surface area contributed by atoms with E-state index in [0.29, 0.717) is 5.54 Å². The molecule has 110 valence electrons. The molecule has 0 atom stereocenters. The Bertz CT molecular complexity index is 223. The normalized spacial score (nSPS) is 23.5. The summed E-state index contributed by atoms with van der Waals surface area (Å²) in [4.78, 5) is 2.68. The highest BCUT2D eigenvalue weighted by Crippen LogP contribution is 2.24. The molecule has 2 nitrogen and oxygen atoms in total. The van der Waals surface area contributed by atoms with Crippen molar-refractivity contribution in [1.29, 1.82) is 0 Å². The van der Waals surface area contributed by atoms with Crippen molar-refractivity contribution >= 4 is 11.1 Å². The van der Waals surface area contributed by atoms with Crippen LogP contribution in [0.5, 0.6) is 0 Å². The minimum atomic E-state index is 0.109. The van der Waals surface area contributed by atoms with Crippen LogP contribution in [0, 0.1) is 0 Å². The van der Waals surface area contributed by atoms with Crippen LogP contribution in [-0.4, -0.2) is 53.4 Å². The summed E-state index contributed by atoms with van der Waals surface area (Å²) in [5.41, 5.74) is 0.343. The minimum Gasteiger partial charge on any atom is -0.298 e. The van der Waals surface area contributed by atoms with E-state index in [-0.39, 0.29) is 11.1 Å². The first-order valence-corrected chi connectivity index (χ1v) is 9.77. The van der Waals surface area contributed by atoms with E-state index < -0.39 is 0 Å². The predicted molar refractivity (Wildman–Crippen MR) is 86.8 cm³/mol. The summed E-state index contributed by atoms with van der Waals surface area (Å²) in [6, 6.07) is 0. The molecule has 1 heterocycles. The van der Waals surface area contributed by atoms with E-state index in [4.69, 9.17) is 0 Å². The fraction of sp³-hybridized carbons (Fsp3) is 1.00. The van der Waals surface area contributed by atoms with Crippen molar-refractivity contribution in [2.75, 3.05) is 38.7 Å². The lowest BCUT2D eigenvalue weighted by Gasteiger charge is -2.35. The van der Waals surface area contributed by atoms with Crippen molar-refractivity contribution in [2.45, 2.75) is 58.4 Å². The van der Waals surface area contributed by atoms with Gasteiger partial charge in [0.2, 0.25) is 0 Å². The summed E-state index contributed by atoms with van der Waals surface area (Å²) in [6.45, 7) is 12.3. The van der Waals surface area contributed by atoms with Crippen molar-refractivity contribution in [3.8, 4) is 0 Å². The third kappa shape index (κ3) is 5.94. The van der Waals surface area contributed by atoms with Crippen molar-refractivity contribution in [2.24, 2.45) is 0 Å². The standard InChI is InChI=1S/C15H34N2S/c1-15(2,3)16-11-7-6-8-13-17(18(4)5)14-10-9-12-16/h18H,6-14H2,1-5H3. The van der Waals surface area contributed by atoms with Gasteiger partial charge in [0.1, 0.15) is 0 Å². The molecule has 1 rings (SSSR count). The highest BCUT2D eigenvalue weighted by Gasteiger charge is 2.20. The second kappa shape index (κ2) is 7.76. The SMILES string of the molecule is C[SH](C)N1CCCCCN(C(C)(C)C)CCCC1. The van der Waals surface area contributed by atoms with Gasteiger partial charge in [-0.05, 0) is 72.1 Å². The molecule has 0 N–H and O–H groups in total. The van der Waals surface area contributed by atoms with Crippen LogP contribution in [0.1, 0.15) is 52.9 Å². The summed E-state index contributed by atoms with van der Waals surface area (Å²) in [7, 11) is 0. The van der Waals surface area contributed by atoms with Gasteiger partial charge in [0.05, 0.1) is 0 Å².